The van der Waals surface area contributed by atoms with Crippen LogP contribution in [0.1, 0.15) is 47.4 Å². The Labute approximate surface area is 192 Å². The summed E-state index contributed by atoms with van der Waals surface area (Å²) < 4.78 is 5.62. The molecule has 0 spiro atoms. The van der Waals surface area contributed by atoms with Crippen LogP contribution in [0.4, 0.5) is 5.69 Å². The predicted molar refractivity (Wildman–Crippen MR) is 126 cm³/mol. The molecule has 166 valence electrons. The molecule has 1 aliphatic rings. The number of ether oxygens (including phenoxy) is 1. The zero-order valence-electron chi connectivity index (χ0n) is 18.6. The van der Waals surface area contributed by atoms with Gasteiger partial charge in [0.1, 0.15) is 16.5 Å². The first-order valence-corrected chi connectivity index (χ1v) is 11.5. The molecule has 0 bridgehead atoms. The van der Waals surface area contributed by atoms with Gasteiger partial charge in [0, 0.05) is 11.9 Å². The summed E-state index contributed by atoms with van der Waals surface area (Å²) in [4.78, 5) is 31.3. The average Bonchev–Trinajstić information content (AvgIpc) is 3.24. The molecule has 0 saturated heterocycles. The van der Waals surface area contributed by atoms with Crippen molar-refractivity contribution in [3.63, 3.8) is 0 Å². The smallest absolute Gasteiger partial charge is 0.270 e. The van der Waals surface area contributed by atoms with Gasteiger partial charge in [-0.1, -0.05) is 57.2 Å². The van der Waals surface area contributed by atoms with Crippen LogP contribution < -0.4 is 15.0 Å². The minimum absolute atomic E-state index is 0.0000684. The summed E-state index contributed by atoms with van der Waals surface area (Å²) in [6.07, 6.45) is 0.763. The predicted octanol–water partition coefficient (Wildman–Crippen LogP) is 4.34. The molecule has 2 amide bonds. The van der Waals surface area contributed by atoms with E-state index in [2.05, 4.69) is 31.1 Å². The Balaban J connectivity index is 1.44. The molecule has 2 aromatic carbocycles. The van der Waals surface area contributed by atoms with E-state index in [1.54, 1.807) is 10.3 Å². The molecule has 0 radical (unpaired) electrons. The van der Waals surface area contributed by atoms with E-state index in [0.29, 0.717) is 29.5 Å². The minimum atomic E-state index is -0.202. The molecule has 7 heteroatoms. The summed E-state index contributed by atoms with van der Waals surface area (Å²) in [5, 5.41) is 5.37. The summed E-state index contributed by atoms with van der Waals surface area (Å²) in [6, 6.07) is 16.0. The fraction of sp³-hybridized carbons (Fsp3) is 0.320. The SMILES string of the molecule is CC(C)(C)c1ccc2c(c1)N(Cc1nc(C(=O)NCCc3ccccc3)cs1)C(=O)CO2. The molecule has 6 nitrogen and oxygen atoms in total. The monoisotopic (exact) mass is 449 g/mol. The van der Waals surface area contributed by atoms with Crippen molar-refractivity contribution in [2.24, 2.45) is 0 Å². The molecular formula is C25H27N3O3S. The first-order valence-electron chi connectivity index (χ1n) is 10.7. The Bertz CT molecular complexity index is 1120. The second-order valence-electron chi connectivity index (χ2n) is 8.82. The highest BCUT2D eigenvalue weighted by atomic mass is 32.1. The zero-order chi connectivity index (χ0) is 22.7. The van der Waals surface area contributed by atoms with Crippen LogP contribution in [0.3, 0.4) is 0 Å². The molecule has 0 aliphatic carbocycles. The topological polar surface area (TPSA) is 71.5 Å². The Hall–Kier alpha value is -3.19. The van der Waals surface area contributed by atoms with Crippen molar-refractivity contribution < 1.29 is 14.3 Å². The van der Waals surface area contributed by atoms with Gasteiger partial charge >= 0.3 is 0 Å². The summed E-state index contributed by atoms with van der Waals surface area (Å²) in [7, 11) is 0. The van der Waals surface area contributed by atoms with Crippen molar-refractivity contribution in [3.05, 3.63) is 75.7 Å². The Morgan fingerprint density at radius 1 is 1.19 bits per heavy atom. The van der Waals surface area contributed by atoms with E-state index >= 15 is 0 Å². The lowest BCUT2D eigenvalue weighted by Crippen LogP contribution is -2.38. The van der Waals surface area contributed by atoms with Gasteiger partial charge in [-0.25, -0.2) is 4.98 Å². The lowest BCUT2D eigenvalue weighted by molar-refractivity contribution is -0.121. The third-order valence-corrected chi connectivity index (χ3v) is 6.22. The highest BCUT2D eigenvalue weighted by molar-refractivity contribution is 7.09. The molecule has 0 fully saturated rings. The maximum Gasteiger partial charge on any atom is 0.270 e. The number of carbonyl (C=O) groups is 2. The van der Waals surface area contributed by atoms with Gasteiger partial charge in [-0.3, -0.25) is 14.5 Å². The molecule has 32 heavy (non-hydrogen) atoms. The molecule has 0 unspecified atom stereocenters. The maximum absolute atomic E-state index is 12.6. The van der Waals surface area contributed by atoms with Crippen LogP contribution in [0, 0.1) is 0 Å². The van der Waals surface area contributed by atoms with Crippen molar-refractivity contribution in [1.29, 1.82) is 0 Å². The van der Waals surface area contributed by atoms with E-state index in [0.717, 1.165) is 17.7 Å². The molecular weight excluding hydrogens is 422 g/mol. The Kier molecular flexibility index (Phi) is 6.28. The van der Waals surface area contributed by atoms with Gasteiger partial charge < -0.3 is 10.1 Å². The van der Waals surface area contributed by atoms with Gasteiger partial charge in [-0.2, -0.15) is 0 Å². The standard InChI is InChI=1S/C25H27N3O3S/c1-25(2,3)18-9-10-21-20(13-18)28(23(29)15-31-21)14-22-27-19(16-32-22)24(30)26-12-11-17-7-5-4-6-8-17/h4-10,13,16H,11-12,14-15H2,1-3H3,(H,26,30). The van der Waals surface area contributed by atoms with Crippen molar-refractivity contribution in [3.8, 4) is 5.75 Å². The first-order chi connectivity index (χ1) is 15.3. The summed E-state index contributed by atoms with van der Waals surface area (Å²) in [6.45, 7) is 7.25. The van der Waals surface area contributed by atoms with E-state index in [-0.39, 0.29) is 23.8 Å². The number of benzene rings is 2. The number of amides is 2. The lowest BCUT2D eigenvalue weighted by atomic mass is 9.86. The second kappa shape index (κ2) is 9.12. The third kappa shape index (κ3) is 4.99. The zero-order valence-corrected chi connectivity index (χ0v) is 19.4. The third-order valence-electron chi connectivity index (χ3n) is 5.39. The number of anilines is 1. The van der Waals surface area contributed by atoms with Crippen LogP contribution >= 0.6 is 11.3 Å². The van der Waals surface area contributed by atoms with Crippen molar-refractivity contribution in [1.82, 2.24) is 10.3 Å². The number of aromatic nitrogens is 1. The van der Waals surface area contributed by atoms with Crippen LogP contribution in [0.2, 0.25) is 0 Å². The normalized spacial score (nSPS) is 13.5. The number of hydrogen-bond donors (Lipinski definition) is 1. The minimum Gasteiger partial charge on any atom is -0.482 e. The molecule has 1 N–H and O–H groups in total. The van der Waals surface area contributed by atoms with Crippen molar-refractivity contribution in [2.75, 3.05) is 18.1 Å². The van der Waals surface area contributed by atoms with Crippen LogP contribution in [-0.2, 0) is 23.2 Å². The van der Waals surface area contributed by atoms with E-state index in [1.165, 1.54) is 16.9 Å². The largest absolute Gasteiger partial charge is 0.482 e. The Morgan fingerprint density at radius 3 is 2.72 bits per heavy atom. The van der Waals surface area contributed by atoms with E-state index in [1.807, 2.05) is 48.5 Å². The summed E-state index contributed by atoms with van der Waals surface area (Å²) in [5.41, 5.74) is 3.37. The van der Waals surface area contributed by atoms with Gasteiger partial charge in [-0.15, -0.1) is 11.3 Å². The molecule has 4 rings (SSSR count). The number of hydrogen-bond acceptors (Lipinski definition) is 5. The fourth-order valence-electron chi connectivity index (χ4n) is 3.52. The second-order valence-corrected chi connectivity index (χ2v) is 9.76. The van der Waals surface area contributed by atoms with E-state index < -0.39 is 0 Å². The molecule has 0 atom stereocenters. The fourth-order valence-corrected chi connectivity index (χ4v) is 4.28. The molecule has 0 saturated carbocycles. The van der Waals surface area contributed by atoms with Crippen LogP contribution in [-0.4, -0.2) is 29.9 Å². The maximum atomic E-state index is 12.6. The van der Waals surface area contributed by atoms with Gasteiger partial charge in [0.2, 0.25) is 0 Å². The number of carbonyl (C=O) groups excluding carboxylic acids is 2. The van der Waals surface area contributed by atoms with Gasteiger partial charge in [0.15, 0.2) is 6.61 Å². The lowest BCUT2D eigenvalue weighted by Gasteiger charge is -2.30. The summed E-state index contributed by atoms with van der Waals surface area (Å²) >= 11 is 1.38. The number of fused-ring (bicyclic) bond motifs is 1. The molecule has 2 heterocycles. The van der Waals surface area contributed by atoms with E-state index in [4.69, 9.17) is 4.74 Å². The molecule has 1 aliphatic heterocycles. The molecule has 1 aromatic heterocycles. The first kappa shape index (κ1) is 22.0. The van der Waals surface area contributed by atoms with Crippen LogP contribution in [0.15, 0.2) is 53.9 Å². The highest BCUT2D eigenvalue weighted by Gasteiger charge is 2.28. The van der Waals surface area contributed by atoms with Crippen molar-refractivity contribution in [2.45, 2.75) is 39.2 Å². The number of thiazole rings is 1. The number of rotatable bonds is 6. The van der Waals surface area contributed by atoms with Crippen LogP contribution in [0.25, 0.3) is 0 Å². The Morgan fingerprint density at radius 2 is 1.97 bits per heavy atom. The average molecular weight is 450 g/mol. The van der Waals surface area contributed by atoms with Crippen molar-refractivity contribution >= 4 is 28.8 Å². The number of nitrogens with one attached hydrogen (secondary N) is 1. The summed E-state index contributed by atoms with van der Waals surface area (Å²) in [5.74, 6) is 0.368. The molecule has 3 aromatic rings. The van der Waals surface area contributed by atoms with E-state index in [9.17, 15) is 9.59 Å². The number of nitrogens with zero attached hydrogens (tertiary/aromatic N) is 2. The van der Waals surface area contributed by atoms with Gasteiger partial charge in [0.05, 0.1) is 12.2 Å². The van der Waals surface area contributed by atoms with Gasteiger partial charge in [0.25, 0.3) is 11.8 Å². The van der Waals surface area contributed by atoms with Crippen LogP contribution in [0.5, 0.6) is 5.75 Å². The quantitative estimate of drug-likeness (QED) is 0.608. The van der Waals surface area contributed by atoms with Gasteiger partial charge in [-0.05, 0) is 35.1 Å². The highest BCUT2D eigenvalue weighted by Crippen LogP contribution is 2.37.